The summed E-state index contributed by atoms with van der Waals surface area (Å²) >= 11 is 6.20. The Morgan fingerprint density at radius 1 is 1.03 bits per heavy atom. The number of halogens is 1. The van der Waals surface area contributed by atoms with Crippen LogP contribution in [0.2, 0.25) is 5.02 Å². The molecule has 1 fully saturated rings. The van der Waals surface area contributed by atoms with Crippen molar-refractivity contribution in [2.24, 2.45) is 0 Å². The van der Waals surface area contributed by atoms with Crippen molar-refractivity contribution < 1.29 is 14.3 Å². The Hall–Kier alpha value is -2.28. The van der Waals surface area contributed by atoms with Crippen molar-refractivity contribution in [3.63, 3.8) is 0 Å². The molecule has 0 aromatic heterocycles. The number of nitrogens with one attached hydrogen (secondary N) is 1. The highest BCUT2D eigenvalue weighted by atomic mass is 35.5. The van der Waals surface area contributed by atoms with E-state index in [1.807, 2.05) is 43.3 Å². The predicted molar refractivity (Wildman–Crippen MR) is 116 cm³/mol. The summed E-state index contributed by atoms with van der Waals surface area (Å²) < 4.78 is 10.8. The van der Waals surface area contributed by atoms with Gasteiger partial charge in [-0.15, -0.1) is 0 Å². The van der Waals surface area contributed by atoms with E-state index in [-0.39, 0.29) is 5.91 Å². The molecule has 1 amide bonds. The smallest absolute Gasteiger partial charge is 0.238 e. The number of anilines is 1. The first-order valence-corrected chi connectivity index (χ1v) is 10.1. The van der Waals surface area contributed by atoms with Gasteiger partial charge in [0.1, 0.15) is 11.5 Å². The molecule has 2 aromatic rings. The van der Waals surface area contributed by atoms with Crippen LogP contribution in [0.1, 0.15) is 11.1 Å². The number of carbonyl (C=O) groups excluding carboxylic acids is 1. The van der Waals surface area contributed by atoms with Gasteiger partial charge in [-0.3, -0.25) is 14.6 Å². The largest absolute Gasteiger partial charge is 0.497 e. The molecule has 7 heteroatoms. The number of ether oxygens (including phenoxy) is 2. The van der Waals surface area contributed by atoms with E-state index in [4.69, 9.17) is 21.1 Å². The summed E-state index contributed by atoms with van der Waals surface area (Å²) in [5.41, 5.74) is 2.83. The van der Waals surface area contributed by atoms with E-state index < -0.39 is 0 Å². The standard InChI is InChI=1S/C22H28ClN3O3/c1-16-4-6-20(19(23)12-16)24-22(27)15-26-10-8-25(9-11-26)14-17-13-18(28-2)5-7-21(17)29-3/h4-7,12-13H,8-11,14-15H2,1-3H3,(H,24,27). The van der Waals surface area contributed by atoms with Gasteiger partial charge in [0.25, 0.3) is 0 Å². The van der Waals surface area contributed by atoms with Crippen molar-refractivity contribution in [1.82, 2.24) is 9.80 Å². The van der Waals surface area contributed by atoms with E-state index in [1.165, 1.54) is 0 Å². The fourth-order valence-corrected chi connectivity index (χ4v) is 3.75. The highest BCUT2D eigenvalue weighted by Crippen LogP contribution is 2.26. The van der Waals surface area contributed by atoms with Gasteiger partial charge in [-0.25, -0.2) is 0 Å². The van der Waals surface area contributed by atoms with E-state index >= 15 is 0 Å². The molecule has 29 heavy (non-hydrogen) atoms. The third-order valence-electron chi connectivity index (χ3n) is 5.11. The van der Waals surface area contributed by atoms with Crippen LogP contribution in [0.4, 0.5) is 5.69 Å². The topological polar surface area (TPSA) is 54.0 Å². The molecule has 0 saturated carbocycles. The second-order valence-electron chi connectivity index (χ2n) is 7.26. The number of carbonyl (C=O) groups is 1. The zero-order valence-corrected chi connectivity index (χ0v) is 18.0. The molecule has 0 radical (unpaired) electrons. The van der Waals surface area contributed by atoms with Gasteiger partial charge in [-0.1, -0.05) is 17.7 Å². The van der Waals surface area contributed by atoms with Gasteiger partial charge in [0.2, 0.25) is 5.91 Å². The molecule has 3 rings (SSSR count). The van der Waals surface area contributed by atoms with Crippen molar-refractivity contribution in [3.05, 3.63) is 52.5 Å². The Labute approximate surface area is 177 Å². The summed E-state index contributed by atoms with van der Waals surface area (Å²) in [5.74, 6) is 1.65. The number of piperazine rings is 1. The first-order valence-electron chi connectivity index (χ1n) is 9.70. The Morgan fingerprint density at radius 2 is 1.76 bits per heavy atom. The molecule has 156 valence electrons. The normalized spacial score (nSPS) is 15.2. The second-order valence-corrected chi connectivity index (χ2v) is 7.67. The molecule has 2 aromatic carbocycles. The monoisotopic (exact) mass is 417 g/mol. The molecule has 1 N–H and O–H groups in total. The summed E-state index contributed by atoms with van der Waals surface area (Å²) in [6.45, 7) is 6.57. The molecule has 1 heterocycles. The highest BCUT2D eigenvalue weighted by Gasteiger charge is 2.20. The molecule has 0 aliphatic carbocycles. The number of amides is 1. The van der Waals surface area contributed by atoms with Gasteiger partial charge in [-0.2, -0.15) is 0 Å². The van der Waals surface area contributed by atoms with Crippen LogP contribution in [-0.2, 0) is 11.3 Å². The lowest BCUT2D eigenvalue weighted by molar-refractivity contribution is -0.117. The molecule has 0 unspecified atom stereocenters. The zero-order valence-electron chi connectivity index (χ0n) is 17.2. The van der Waals surface area contributed by atoms with Crippen molar-refractivity contribution in [3.8, 4) is 11.5 Å². The first-order chi connectivity index (χ1) is 14.0. The third-order valence-corrected chi connectivity index (χ3v) is 5.43. The summed E-state index contributed by atoms with van der Waals surface area (Å²) in [5, 5.41) is 3.47. The lowest BCUT2D eigenvalue weighted by Crippen LogP contribution is -2.48. The van der Waals surface area contributed by atoms with Gasteiger partial charge in [-0.05, 0) is 42.8 Å². The molecule has 6 nitrogen and oxygen atoms in total. The fourth-order valence-electron chi connectivity index (χ4n) is 3.47. The van der Waals surface area contributed by atoms with Crippen LogP contribution in [0, 0.1) is 6.92 Å². The number of nitrogens with zero attached hydrogens (tertiary/aromatic N) is 2. The fraction of sp³-hybridized carbons (Fsp3) is 0.409. The van der Waals surface area contributed by atoms with E-state index in [2.05, 4.69) is 15.1 Å². The summed E-state index contributed by atoms with van der Waals surface area (Å²) in [6, 6.07) is 11.5. The Bertz CT molecular complexity index is 851. The van der Waals surface area contributed by atoms with Crippen molar-refractivity contribution in [2.75, 3.05) is 52.3 Å². The number of rotatable bonds is 7. The highest BCUT2D eigenvalue weighted by molar-refractivity contribution is 6.33. The lowest BCUT2D eigenvalue weighted by atomic mass is 10.1. The van der Waals surface area contributed by atoms with Crippen LogP contribution >= 0.6 is 11.6 Å². The minimum atomic E-state index is -0.0429. The minimum absolute atomic E-state index is 0.0429. The molecule has 1 aliphatic heterocycles. The predicted octanol–water partition coefficient (Wildman–Crippen LogP) is 3.42. The van der Waals surface area contributed by atoms with E-state index in [0.717, 1.165) is 55.3 Å². The average Bonchev–Trinajstić information content (AvgIpc) is 2.71. The van der Waals surface area contributed by atoms with Gasteiger partial charge in [0.05, 0.1) is 31.5 Å². The zero-order chi connectivity index (χ0) is 20.8. The summed E-state index contributed by atoms with van der Waals surface area (Å²) in [6.07, 6.45) is 0. The molecular weight excluding hydrogens is 390 g/mol. The van der Waals surface area contributed by atoms with Crippen LogP contribution < -0.4 is 14.8 Å². The van der Waals surface area contributed by atoms with Crippen LogP contribution in [-0.4, -0.2) is 62.7 Å². The maximum Gasteiger partial charge on any atom is 0.238 e. The molecule has 1 aliphatic rings. The number of aryl methyl sites for hydroxylation is 1. The first kappa shape index (κ1) is 21.4. The number of benzene rings is 2. The van der Waals surface area contributed by atoms with Crippen LogP contribution in [0.5, 0.6) is 11.5 Å². The van der Waals surface area contributed by atoms with Crippen LogP contribution in [0.15, 0.2) is 36.4 Å². The van der Waals surface area contributed by atoms with Gasteiger partial charge < -0.3 is 14.8 Å². The number of hydrogen-bond donors (Lipinski definition) is 1. The summed E-state index contributed by atoms with van der Waals surface area (Å²) in [7, 11) is 3.35. The van der Waals surface area contributed by atoms with E-state index in [1.54, 1.807) is 14.2 Å². The average molecular weight is 418 g/mol. The Morgan fingerprint density at radius 3 is 2.41 bits per heavy atom. The van der Waals surface area contributed by atoms with Crippen molar-refractivity contribution in [1.29, 1.82) is 0 Å². The van der Waals surface area contributed by atoms with Crippen molar-refractivity contribution >= 4 is 23.2 Å². The van der Waals surface area contributed by atoms with Crippen LogP contribution in [0.25, 0.3) is 0 Å². The maximum atomic E-state index is 12.4. The van der Waals surface area contributed by atoms with Gasteiger partial charge in [0, 0.05) is 38.3 Å². The molecular formula is C22H28ClN3O3. The SMILES string of the molecule is COc1ccc(OC)c(CN2CCN(CC(=O)Nc3ccc(C)cc3Cl)CC2)c1. The van der Waals surface area contributed by atoms with E-state index in [0.29, 0.717) is 17.3 Å². The number of methoxy groups -OCH3 is 2. The molecule has 0 atom stereocenters. The third kappa shape index (κ3) is 5.85. The van der Waals surface area contributed by atoms with Gasteiger partial charge in [0.15, 0.2) is 0 Å². The number of hydrogen-bond acceptors (Lipinski definition) is 5. The quantitative estimate of drug-likeness (QED) is 0.748. The Balaban J connectivity index is 1.50. The maximum absolute atomic E-state index is 12.4. The van der Waals surface area contributed by atoms with Gasteiger partial charge >= 0.3 is 0 Å². The second kappa shape index (κ2) is 9.96. The van der Waals surface area contributed by atoms with Crippen LogP contribution in [0.3, 0.4) is 0 Å². The summed E-state index contributed by atoms with van der Waals surface area (Å²) in [4.78, 5) is 16.9. The molecule has 1 saturated heterocycles. The Kier molecular flexibility index (Phi) is 7.36. The molecule has 0 spiro atoms. The molecule has 0 bridgehead atoms. The van der Waals surface area contributed by atoms with Crippen molar-refractivity contribution in [2.45, 2.75) is 13.5 Å². The lowest BCUT2D eigenvalue weighted by Gasteiger charge is -2.34. The minimum Gasteiger partial charge on any atom is -0.497 e. The van der Waals surface area contributed by atoms with E-state index in [9.17, 15) is 4.79 Å².